The molecule has 0 bridgehead atoms. The Hall–Kier alpha value is -2.05. The van der Waals surface area contributed by atoms with E-state index < -0.39 is 6.04 Å². The van der Waals surface area contributed by atoms with Crippen LogP contribution in [0.15, 0.2) is 53.0 Å². The first kappa shape index (κ1) is 23.6. The van der Waals surface area contributed by atoms with Crippen molar-refractivity contribution in [2.45, 2.75) is 57.7 Å². The molecule has 1 fully saturated rings. The maximum Gasteiger partial charge on any atom is 0.261 e. The molecule has 166 valence electrons. The first-order chi connectivity index (χ1) is 14.9. The van der Waals surface area contributed by atoms with E-state index >= 15 is 0 Å². The molecule has 0 aromatic heterocycles. The summed E-state index contributed by atoms with van der Waals surface area (Å²) in [6.45, 7) is 1.94. The van der Waals surface area contributed by atoms with Crippen LogP contribution in [0.5, 0.6) is 5.75 Å². The van der Waals surface area contributed by atoms with Crippen molar-refractivity contribution in [1.82, 2.24) is 10.2 Å². The predicted molar refractivity (Wildman–Crippen MR) is 126 cm³/mol. The lowest BCUT2D eigenvalue weighted by Gasteiger charge is -2.31. The molecule has 2 aromatic rings. The summed E-state index contributed by atoms with van der Waals surface area (Å²) >= 11 is 9.37. The first-order valence-corrected chi connectivity index (χ1v) is 11.8. The molecule has 1 N–H and O–H groups in total. The van der Waals surface area contributed by atoms with Crippen molar-refractivity contribution in [3.63, 3.8) is 0 Å². The number of rotatable bonds is 8. The van der Waals surface area contributed by atoms with Crippen molar-refractivity contribution in [3.8, 4) is 5.75 Å². The SMILES string of the molecule is C[C@@H](C(=O)NC1CCCCC1)N(Cc1cccc(Br)c1)C(=O)COc1ccc(Cl)cc1. The maximum absolute atomic E-state index is 13.1. The van der Waals surface area contributed by atoms with E-state index in [0.29, 0.717) is 17.3 Å². The molecule has 0 saturated heterocycles. The Kier molecular flexibility index (Phi) is 8.79. The number of ether oxygens (including phenoxy) is 1. The van der Waals surface area contributed by atoms with Crippen molar-refractivity contribution in [1.29, 1.82) is 0 Å². The number of halogens is 2. The van der Waals surface area contributed by atoms with Gasteiger partial charge in [-0.05, 0) is 61.7 Å². The Labute approximate surface area is 197 Å². The van der Waals surface area contributed by atoms with Gasteiger partial charge in [0.05, 0.1) is 0 Å². The number of carbonyl (C=O) groups excluding carboxylic acids is 2. The van der Waals surface area contributed by atoms with Gasteiger partial charge in [-0.3, -0.25) is 9.59 Å². The predicted octanol–water partition coefficient (Wildman–Crippen LogP) is 5.35. The van der Waals surface area contributed by atoms with Crippen LogP contribution in [0.25, 0.3) is 0 Å². The van der Waals surface area contributed by atoms with Crippen molar-refractivity contribution >= 4 is 39.3 Å². The number of carbonyl (C=O) groups is 2. The van der Waals surface area contributed by atoms with E-state index in [4.69, 9.17) is 16.3 Å². The Balaban J connectivity index is 1.70. The largest absolute Gasteiger partial charge is 0.484 e. The standard InChI is InChI=1S/C24H28BrClN2O3/c1-17(24(30)27-21-8-3-2-4-9-21)28(15-18-6-5-7-19(25)14-18)23(29)16-31-22-12-10-20(26)11-13-22/h5-7,10-14,17,21H,2-4,8-9,15-16H2,1H3,(H,27,30)/t17-/m0/s1. The average molecular weight is 508 g/mol. The Bertz CT molecular complexity index is 885. The molecule has 0 radical (unpaired) electrons. The summed E-state index contributed by atoms with van der Waals surface area (Å²) in [6.07, 6.45) is 5.48. The minimum atomic E-state index is -0.609. The fraction of sp³-hybridized carbons (Fsp3) is 0.417. The van der Waals surface area contributed by atoms with Gasteiger partial charge in [-0.25, -0.2) is 0 Å². The van der Waals surface area contributed by atoms with Gasteiger partial charge in [0, 0.05) is 22.1 Å². The molecule has 1 aliphatic rings. The smallest absolute Gasteiger partial charge is 0.261 e. The number of hydrogen-bond donors (Lipinski definition) is 1. The molecular weight excluding hydrogens is 480 g/mol. The highest BCUT2D eigenvalue weighted by molar-refractivity contribution is 9.10. The maximum atomic E-state index is 13.1. The third-order valence-electron chi connectivity index (χ3n) is 5.54. The van der Waals surface area contributed by atoms with Crippen molar-refractivity contribution in [3.05, 3.63) is 63.6 Å². The van der Waals surface area contributed by atoms with Gasteiger partial charge < -0.3 is 15.0 Å². The summed E-state index contributed by atoms with van der Waals surface area (Å²) in [6, 6.07) is 14.2. The van der Waals surface area contributed by atoms with Crippen LogP contribution in [-0.2, 0) is 16.1 Å². The molecule has 1 atom stereocenters. The highest BCUT2D eigenvalue weighted by atomic mass is 79.9. The van der Waals surface area contributed by atoms with Crippen LogP contribution in [0.2, 0.25) is 5.02 Å². The molecular formula is C24H28BrClN2O3. The Morgan fingerprint density at radius 3 is 2.55 bits per heavy atom. The highest BCUT2D eigenvalue weighted by Crippen LogP contribution is 2.20. The lowest BCUT2D eigenvalue weighted by atomic mass is 9.95. The monoisotopic (exact) mass is 506 g/mol. The summed E-state index contributed by atoms with van der Waals surface area (Å²) in [5, 5.41) is 3.73. The zero-order chi connectivity index (χ0) is 22.2. The number of nitrogens with one attached hydrogen (secondary N) is 1. The summed E-state index contributed by atoms with van der Waals surface area (Å²) < 4.78 is 6.58. The molecule has 0 spiro atoms. The van der Waals surface area contributed by atoms with Gasteiger partial charge in [0.25, 0.3) is 5.91 Å². The summed E-state index contributed by atoms with van der Waals surface area (Å²) in [7, 11) is 0. The zero-order valence-corrected chi connectivity index (χ0v) is 20.0. The normalized spacial score (nSPS) is 15.2. The quantitative estimate of drug-likeness (QED) is 0.524. The molecule has 2 amide bonds. The number of benzene rings is 2. The average Bonchev–Trinajstić information content (AvgIpc) is 2.77. The molecule has 0 heterocycles. The minimum absolute atomic E-state index is 0.123. The topological polar surface area (TPSA) is 58.6 Å². The van der Waals surface area contributed by atoms with E-state index in [0.717, 1.165) is 35.7 Å². The van der Waals surface area contributed by atoms with Gasteiger partial charge in [-0.2, -0.15) is 0 Å². The van der Waals surface area contributed by atoms with E-state index in [9.17, 15) is 9.59 Å². The lowest BCUT2D eigenvalue weighted by molar-refractivity contribution is -0.142. The molecule has 2 aromatic carbocycles. The molecule has 31 heavy (non-hydrogen) atoms. The minimum Gasteiger partial charge on any atom is -0.484 e. The van der Waals surface area contributed by atoms with Crippen molar-refractivity contribution < 1.29 is 14.3 Å². The fourth-order valence-corrected chi connectivity index (χ4v) is 4.31. The first-order valence-electron chi connectivity index (χ1n) is 10.6. The summed E-state index contributed by atoms with van der Waals surface area (Å²) in [5.41, 5.74) is 0.937. The Morgan fingerprint density at radius 2 is 1.87 bits per heavy atom. The zero-order valence-electron chi connectivity index (χ0n) is 17.7. The van der Waals surface area contributed by atoms with Gasteiger partial charge in [-0.15, -0.1) is 0 Å². The molecule has 1 saturated carbocycles. The van der Waals surface area contributed by atoms with E-state index in [-0.39, 0.29) is 24.5 Å². The van der Waals surface area contributed by atoms with Crippen LogP contribution in [0.3, 0.4) is 0 Å². The number of nitrogens with zero attached hydrogens (tertiary/aromatic N) is 1. The lowest BCUT2D eigenvalue weighted by Crippen LogP contribution is -2.51. The van der Waals surface area contributed by atoms with Gasteiger partial charge in [0.1, 0.15) is 11.8 Å². The van der Waals surface area contributed by atoms with Crippen LogP contribution in [0, 0.1) is 0 Å². The third-order valence-corrected chi connectivity index (χ3v) is 6.28. The highest BCUT2D eigenvalue weighted by Gasteiger charge is 2.28. The fourth-order valence-electron chi connectivity index (χ4n) is 3.74. The molecule has 1 aliphatic carbocycles. The second-order valence-electron chi connectivity index (χ2n) is 7.91. The molecule has 0 aliphatic heterocycles. The second kappa shape index (κ2) is 11.5. The van der Waals surface area contributed by atoms with Crippen molar-refractivity contribution in [2.24, 2.45) is 0 Å². The van der Waals surface area contributed by atoms with E-state index in [1.54, 1.807) is 36.1 Å². The molecule has 3 rings (SSSR count). The van der Waals surface area contributed by atoms with Crippen molar-refractivity contribution in [2.75, 3.05) is 6.61 Å². The summed E-state index contributed by atoms with van der Waals surface area (Å²) in [5.74, 6) is 0.183. The van der Waals surface area contributed by atoms with E-state index in [1.165, 1.54) is 6.42 Å². The van der Waals surface area contributed by atoms with Gasteiger partial charge in [0.15, 0.2) is 6.61 Å². The van der Waals surface area contributed by atoms with Crippen LogP contribution < -0.4 is 10.1 Å². The van der Waals surface area contributed by atoms with Crippen LogP contribution in [0.4, 0.5) is 0 Å². The number of hydrogen-bond acceptors (Lipinski definition) is 3. The third kappa shape index (κ3) is 7.25. The van der Waals surface area contributed by atoms with E-state index in [2.05, 4.69) is 21.2 Å². The second-order valence-corrected chi connectivity index (χ2v) is 9.27. The molecule has 5 nitrogen and oxygen atoms in total. The van der Waals surface area contributed by atoms with Gasteiger partial charge in [-0.1, -0.05) is 58.9 Å². The number of amides is 2. The molecule has 0 unspecified atom stereocenters. The van der Waals surface area contributed by atoms with Gasteiger partial charge in [0.2, 0.25) is 5.91 Å². The van der Waals surface area contributed by atoms with Crippen LogP contribution in [-0.4, -0.2) is 35.4 Å². The van der Waals surface area contributed by atoms with Crippen LogP contribution in [0.1, 0.15) is 44.6 Å². The van der Waals surface area contributed by atoms with Crippen LogP contribution >= 0.6 is 27.5 Å². The Morgan fingerprint density at radius 1 is 1.16 bits per heavy atom. The molecule has 7 heteroatoms. The van der Waals surface area contributed by atoms with E-state index in [1.807, 2.05) is 24.3 Å². The summed E-state index contributed by atoms with van der Waals surface area (Å²) in [4.78, 5) is 27.6. The van der Waals surface area contributed by atoms with Gasteiger partial charge >= 0.3 is 0 Å².